The Balaban J connectivity index is 1.50. The first-order valence-electron chi connectivity index (χ1n) is 8.47. The van der Waals surface area contributed by atoms with E-state index >= 15 is 0 Å². The lowest BCUT2D eigenvalue weighted by atomic mass is 9.95. The van der Waals surface area contributed by atoms with E-state index in [4.69, 9.17) is 5.73 Å². The molecule has 0 aromatic carbocycles. The molecule has 4 unspecified atom stereocenters. The van der Waals surface area contributed by atoms with Gasteiger partial charge in [0, 0.05) is 31.2 Å². The molecule has 1 aliphatic carbocycles. The minimum Gasteiger partial charge on any atom is -0.327 e. The molecule has 2 N–H and O–H groups in total. The minimum absolute atomic E-state index is 0.492. The van der Waals surface area contributed by atoms with Crippen molar-refractivity contribution in [3.05, 3.63) is 0 Å². The average molecular weight is 265 g/mol. The number of piperidine rings is 1. The number of fused-ring (bicyclic) bond motifs is 1. The van der Waals surface area contributed by atoms with Crippen molar-refractivity contribution in [3.8, 4) is 0 Å². The summed E-state index contributed by atoms with van der Waals surface area (Å²) in [5.74, 6) is 0.802. The van der Waals surface area contributed by atoms with Crippen LogP contribution in [-0.4, -0.2) is 54.1 Å². The molecular weight excluding hydrogens is 234 g/mol. The molecule has 3 fully saturated rings. The van der Waals surface area contributed by atoms with Gasteiger partial charge in [0.1, 0.15) is 0 Å². The van der Waals surface area contributed by atoms with Gasteiger partial charge < -0.3 is 5.73 Å². The van der Waals surface area contributed by atoms with Crippen LogP contribution in [0.5, 0.6) is 0 Å². The van der Waals surface area contributed by atoms with E-state index in [1.165, 1.54) is 71.1 Å². The van der Waals surface area contributed by atoms with Crippen molar-refractivity contribution in [1.82, 2.24) is 9.80 Å². The largest absolute Gasteiger partial charge is 0.327 e. The second-order valence-electron chi connectivity index (χ2n) is 7.13. The Bertz CT molecular complexity index is 294. The summed E-state index contributed by atoms with van der Waals surface area (Å²) < 4.78 is 0. The van der Waals surface area contributed by atoms with E-state index in [0.29, 0.717) is 6.04 Å². The van der Waals surface area contributed by atoms with E-state index in [-0.39, 0.29) is 0 Å². The van der Waals surface area contributed by atoms with Gasteiger partial charge in [0.15, 0.2) is 0 Å². The van der Waals surface area contributed by atoms with E-state index < -0.39 is 0 Å². The number of hydrogen-bond donors (Lipinski definition) is 1. The summed E-state index contributed by atoms with van der Waals surface area (Å²) >= 11 is 0. The number of hydrogen-bond acceptors (Lipinski definition) is 3. The van der Waals surface area contributed by atoms with Gasteiger partial charge in [-0.05, 0) is 58.0 Å². The van der Waals surface area contributed by atoms with Crippen LogP contribution >= 0.6 is 0 Å². The standard InChI is InChI=1S/C16H31N3/c1-13-11-19-9-3-2-6-15(19)12-18(13)10-8-14-5-4-7-16(14)17/h13-16H,2-12,17H2,1H3. The van der Waals surface area contributed by atoms with Gasteiger partial charge in [-0.2, -0.15) is 0 Å². The molecule has 4 atom stereocenters. The van der Waals surface area contributed by atoms with E-state index in [2.05, 4.69) is 16.7 Å². The molecule has 3 aliphatic rings. The molecule has 0 bridgehead atoms. The molecule has 0 radical (unpaired) electrons. The highest BCUT2D eigenvalue weighted by Crippen LogP contribution is 2.29. The summed E-state index contributed by atoms with van der Waals surface area (Å²) in [5.41, 5.74) is 6.21. The second kappa shape index (κ2) is 6.11. The van der Waals surface area contributed by atoms with Gasteiger partial charge in [-0.15, -0.1) is 0 Å². The number of rotatable bonds is 3. The smallest absolute Gasteiger partial charge is 0.0223 e. The first-order chi connectivity index (χ1) is 9.24. The first-order valence-corrected chi connectivity index (χ1v) is 8.47. The molecule has 0 spiro atoms. The summed E-state index contributed by atoms with van der Waals surface area (Å²) in [4.78, 5) is 5.49. The highest BCUT2D eigenvalue weighted by atomic mass is 15.3. The number of piperazine rings is 1. The maximum Gasteiger partial charge on any atom is 0.0223 e. The van der Waals surface area contributed by atoms with Crippen LogP contribution in [0, 0.1) is 5.92 Å². The van der Waals surface area contributed by atoms with Crippen molar-refractivity contribution < 1.29 is 0 Å². The Morgan fingerprint density at radius 2 is 1.95 bits per heavy atom. The lowest BCUT2D eigenvalue weighted by Crippen LogP contribution is -2.58. The van der Waals surface area contributed by atoms with Crippen LogP contribution in [0.2, 0.25) is 0 Å². The maximum absolute atomic E-state index is 6.21. The molecule has 0 aromatic rings. The zero-order valence-corrected chi connectivity index (χ0v) is 12.6. The van der Waals surface area contributed by atoms with Crippen molar-refractivity contribution >= 4 is 0 Å². The van der Waals surface area contributed by atoms with E-state index in [0.717, 1.165) is 18.0 Å². The predicted molar refractivity (Wildman–Crippen MR) is 80.2 cm³/mol. The van der Waals surface area contributed by atoms with Gasteiger partial charge in [0.25, 0.3) is 0 Å². The van der Waals surface area contributed by atoms with E-state index in [1.807, 2.05) is 0 Å². The third-order valence-corrected chi connectivity index (χ3v) is 5.82. The van der Waals surface area contributed by atoms with Gasteiger partial charge >= 0.3 is 0 Å². The minimum atomic E-state index is 0.492. The van der Waals surface area contributed by atoms with Gasteiger partial charge in [-0.1, -0.05) is 12.8 Å². The molecule has 2 saturated heterocycles. The van der Waals surface area contributed by atoms with Crippen molar-refractivity contribution in [1.29, 1.82) is 0 Å². The first kappa shape index (κ1) is 13.8. The molecular formula is C16H31N3. The highest BCUT2D eigenvalue weighted by molar-refractivity contribution is 4.90. The monoisotopic (exact) mass is 265 g/mol. The van der Waals surface area contributed by atoms with Crippen LogP contribution in [0.3, 0.4) is 0 Å². The third kappa shape index (κ3) is 3.14. The average Bonchev–Trinajstić information content (AvgIpc) is 2.82. The molecule has 2 heterocycles. The number of nitrogens with zero attached hydrogens (tertiary/aromatic N) is 2. The zero-order chi connectivity index (χ0) is 13.2. The Morgan fingerprint density at radius 3 is 2.74 bits per heavy atom. The lowest BCUT2D eigenvalue weighted by molar-refractivity contribution is 0.0127. The van der Waals surface area contributed by atoms with Crippen molar-refractivity contribution in [3.63, 3.8) is 0 Å². The van der Waals surface area contributed by atoms with Gasteiger partial charge in [0.05, 0.1) is 0 Å². The molecule has 2 aliphatic heterocycles. The highest BCUT2D eigenvalue weighted by Gasteiger charge is 2.33. The van der Waals surface area contributed by atoms with Crippen LogP contribution in [0.25, 0.3) is 0 Å². The molecule has 3 heteroatoms. The molecule has 0 amide bonds. The fourth-order valence-corrected chi connectivity index (χ4v) is 4.48. The van der Waals surface area contributed by atoms with Crippen molar-refractivity contribution in [2.45, 2.75) is 70.0 Å². The normalized spacial score (nSPS) is 41.4. The third-order valence-electron chi connectivity index (χ3n) is 5.82. The maximum atomic E-state index is 6.21. The molecule has 3 rings (SSSR count). The van der Waals surface area contributed by atoms with Crippen LogP contribution in [0.1, 0.15) is 51.9 Å². The molecule has 110 valence electrons. The van der Waals surface area contributed by atoms with Crippen molar-refractivity contribution in [2.24, 2.45) is 11.7 Å². The van der Waals surface area contributed by atoms with Crippen LogP contribution in [0.4, 0.5) is 0 Å². The summed E-state index contributed by atoms with van der Waals surface area (Å²) in [6, 6.07) is 2.08. The van der Waals surface area contributed by atoms with Crippen LogP contribution in [0.15, 0.2) is 0 Å². The van der Waals surface area contributed by atoms with E-state index in [9.17, 15) is 0 Å². The predicted octanol–water partition coefficient (Wildman–Crippen LogP) is 2.06. The van der Waals surface area contributed by atoms with Crippen molar-refractivity contribution in [2.75, 3.05) is 26.2 Å². The van der Waals surface area contributed by atoms with Gasteiger partial charge in [-0.25, -0.2) is 0 Å². The number of nitrogens with two attached hydrogens (primary N) is 1. The van der Waals surface area contributed by atoms with Gasteiger partial charge in [0.2, 0.25) is 0 Å². The topological polar surface area (TPSA) is 32.5 Å². The Labute approximate surface area is 118 Å². The second-order valence-corrected chi connectivity index (χ2v) is 7.13. The Morgan fingerprint density at radius 1 is 1.05 bits per heavy atom. The summed E-state index contributed by atoms with van der Waals surface area (Å²) in [6.07, 6.45) is 9.61. The quantitative estimate of drug-likeness (QED) is 0.848. The fraction of sp³-hybridized carbons (Fsp3) is 1.00. The molecule has 3 nitrogen and oxygen atoms in total. The molecule has 19 heavy (non-hydrogen) atoms. The molecule has 1 saturated carbocycles. The Kier molecular flexibility index (Phi) is 4.45. The lowest BCUT2D eigenvalue weighted by Gasteiger charge is -2.47. The zero-order valence-electron chi connectivity index (χ0n) is 12.6. The summed E-state index contributed by atoms with van der Waals surface area (Å²) in [6.45, 7) is 7.64. The summed E-state index contributed by atoms with van der Waals surface area (Å²) in [7, 11) is 0. The molecule has 0 aromatic heterocycles. The Hall–Kier alpha value is -0.120. The van der Waals surface area contributed by atoms with Crippen LogP contribution in [-0.2, 0) is 0 Å². The van der Waals surface area contributed by atoms with Crippen LogP contribution < -0.4 is 5.73 Å². The summed E-state index contributed by atoms with van der Waals surface area (Å²) in [5, 5.41) is 0. The SMILES string of the molecule is CC1CN2CCCCC2CN1CCC1CCCC1N. The van der Waals surface area contributed by atoms with Gasteiger partial charge in [-0.3, -0.25) is 9.80 Å². The fourth-order valence-electron chi connectivity index (χ4n) is 4.48. The van der Waals surface area contributed by atoms with E-state index in [1.54, 1.807) is 0 Å².